The van der Waals surface area contributed by atoms with Crippen LogP contribution in [0.1, 0.15) is 72.1 Å². The molecule has 5 aliphatic rings. The van der Waals surface area contributed by atoms with Crippen LogP contribution in [-0.2, 0) is 19.1 Å². The molecule has 180 valence electrons. The van der Waals surface area contributed by atoms with E-state index in [1.165, 1.54) is 0 Å². The molecule has 4 saturated carbocycles. The van der Waals surface area contributed by atoms with Gasteiger partial charge in [0.15, 0.2) is 11.9 Å². The number of aliphatic hydroxyl groups is 1. The third-order valence-electron chi connectivity index (χ3n) is 10.1. The van der Waals surface area contributed by atoms with Crippen molar-refractivity contribution >= 4 is 11.8 Å². The topological polar surface area (TPSA) is 93.1 Å². The van der Waals surface area contributed by atoms with Gasteiger partial charge < -0.3 is 19.7 Å². The number of carbonyl (C=O) groups is 2. The molecule has 0 bridgehead atoms. The van der Waals surface area contributed by atoms with Crippen LogP contribution in [0.5, 0.6) is 0 Å². The summed E-state index contributed by atoms with van der Waals surface area (Å²) in [5.74, 6) is -6.21. The van der Waals surface area contributed by atoms with Crippen molar-refractivity contribution in [3.05, 3.63) is 0 Å². The molecule has 5 fully saturated rings. The van der Waals surface area contributed by atoms with E-state index in [0.29, 0.717) is 25.7 Å². The van der Waals surface area contributed by atoms with Crippen molar-refractivity contribution in [3.8, 4) is 0 Å². The minimum absolute atomic E-state index is 0.104. The lowest BCUT2D eigenvalue weighted by atomic mass is 9.43. The largest absolute Gasteiger partial charge is 0.479 e. The second kappa shape index (κ2) is 6.95. The molecule has 0 radical (unpaired) electrons. The Balaban J connectivity index is 1.52. The SMILES string of the molecule is CCCC1O[C@@H]2C[C@H]3[C@@H]4CCC5CC(=O)C(F)(F)C[C@]5(C)[C@H]4[C@@H](O)C[C@]3(C)[C@]2(C(=O)O)O1. The molecule has 0 amide bonds. The second-order valence-corrected chi connectivity index (χ2v) is 11.5. The van der Waals surface area contributed by atoms with Crippen molar-refractivity contribution in [2.24, 2.45) is 34.5 Å². The minimum atomic E-state index is -3.37. The van der Waals surface area contributed by atoms with E-state index in [-0.39, 0.29) is 30.6 Å². The fourth-order valence-corrected chi connectivity index (χ4v) is 8.77. The number of hydrogen-bond acceptors (Lipinski definition) is 5. The monoisotopic (exact) mass is 456 g/mol. The van der Waals surface area contributed by atoms with Gasteiger partial charge in [-0.3, -0.25) is 4.79 Å². The van der Waals surface area contributed by atoms with Crippen LogP contribution in [0.15, 0.2) is 0 Å². The predicted molar refractivity (Wildman–Crippen MR) is 109 cm³/mol. The highest BCUT2D eigenvalue weighted by molar-refractivity contribution is 5.87. The lowest BCUT2D eigenvalue weighted by molar-refractivity contribution is -0.231. The summed E-state index contributed by atoms with van der Waals surface area (Å²) in [6.07, 6.45) is 0.601. The zero-order chi connectivity index (χ0) is 23.3. The molecule has 0 aromatic carbocycles. The molecular weight excluding hydrogens is 422 g/mol. The molecule has 1 aliphatic heterocycles. The number of fused-ring (bicyclic) bond motifs is 7. The maximum atomic E-state index is 14.6. The van der Waals surface area contributed by atoms with Crippen molar-refractivity contribution in [1.29, 1.82) is 0 Å². The molecule has 2 unspecified atom stereocenters. The Hall–Kier alpha value is -1.12. The van der Waals surface area contributed by atoms with Gasteiger partial charge in [0.25, 0.3) is 0 Å². The van der Waals surface area contributed by atoms with Crippen molar-refractivity contribution in [3.63, 3.8) is 0 Å². The lowest BCUT2D eigenvalue weighted by Crippen LogP contribution is -2.65. The Labute approximate surface area is 187 Å². The maximum absolute atomic E-state index is 14.6. The number of hydrogen-bond donors (Lipinski definition) is 2. The molecule has 4 aliphatic carbocycles. The van der Waals surface area contributed by atoms with Crippen LogP contribution in [0, 0.1) is 34.5 Å². The summed E-state index contributed by atoms with van der Waals surface area (Å²) in [5.41, 5.74) is -3.25. The molecule has 1 heterocycles. The van der Waals surface area contributed by atoms with Gasteiger partial charge in [0, 0.05) is 18.3 Å². The van der Waals surface area contributed by atoms with Gasteiger partial charge in [0.2, 0.25) is 5.78 Å². The highest BCUT2D eigenvalue weighted by atomic mass is 19.3. The van der Waals surface area contributed by atoms with E-state index in [2.05, 4.69) is 0 Å². The Kier molecular flexibility index (Phi) is 4.92. The fraction of sp³-hybridized carbons (Fsp3) is 0.917. The van der Waals surface area contributed by atoms with Crippen molar-refractivity contribution < 1.29 is 38.1 Å². The number of rotatable bonds is 3. The van der Waals surface area contributed by atoms with Gasteiger partial charge in [0.1, 0.15) is 6.10 Å². The van der Waals surface area contributed by atoms with E-state index in [9.17, 15) is 28.6 Å². The molecular formula is C24H34F2O6. The van der Waals surface area contributed by atoms with E-state index in [1.807, 2.05) is 20.8 Å². The minimum Gasteiger partial charge on any atom is -0.479 e. The lowest BCUT2D eigenvalue weighted by Gasteiger charge is -2.62. The van der Waals surface area contributed by atoms with Crippen molar-refractivity contribution in [2.75, 3.05) is 0 Å². The van der Waals surface area contributed by atoms with Crippen LogP contribution in [0.3, 0.4) is 0 Å². The first kappa shape index (κ1) is 22.7. The van der Waals surface area contributed by atoms with Gasteiger partial charge in [0.05, 0.1) is 6.10 Å². The smallest absolute Gasteiger partial charge is 0.339 e. The Morgan fingerprint density at radius 2 is 1.97 bits per heavy atom. The number of ether oxygens (including phenoxy) is 2. The number of aliphatic carboxylic acids is 1. The number of aliphatic hydroxyl groups excluding tert-OH is 1. The Bertz CT molecular complexity index is 833. The number of alkyl halides is 2. The molecule has 10 atom stereocenters. The molecule has 32 heavy (non-hydrogen) atoms. The van der Waals surface area contributed by atoms with Crippen LogP contribution in [0.4, 0.5) is 8.78 Å². The number of carbonyl (C=O) groups excluding carboxylic acids is 1. The van der Waals surface area contributed by atoms with Gasteiger partial charge in [-0.25, -0.2) is 4.79 Å². The van der Waals surface area contributed by atoms with E-state index in [1.54, 1.807) is 0 Å². The van der Waals surface area contributed by atoms with E-state index < -0.39 is 64.9 Å². The van der Waals surface area contributed by atoms with Gasteiger partial charge in [-0.2, -0.15) is 8.78 Å². The Morgan fingerprint density at radius 3 is 2.62 bits per heavy atom. The van der Waals surface area contributed by atoms with Crippen LogP contribution >= 0.6 is 0 Å². The standard InChI is InChI=1S/C24H34F2O6/c1-4-5-18-31-17-9-14-13-7-6-12-8-16(28)23(25,26)11-21(12,2)19(13)15(27)10-22(14,3)24(17,32-18)20(29)30/h12-15,17-19,27H,4-11H2,1-3H3,(H,29,30)/t12?,13-,14-,15-,17+,18?,19+,21-,22-,24-/m0/s1. The summed E-state index contributed by atoms with van der Waals surface area (Å²) in [6.45, 7) is 5.68. The van der Waals surface area contributed by atoms with Gasteiger partial charge >= 0.3 is 11.9 Å². The number of ketones is 1. The van der Waals surface area contributed by atoms with Crippen molar-refractivity contribution in [1.82, 2.24) is 0 Å². The first-order valence-electron chi connectivity index (χ1n) is 12.1. The molecule has 1 saturated heterocycles. The highest BCUT2D eigenvalue weighted by Gasteiger charge is 2.77. The average molecular weight is 457 g/mol. The number of halogens is 2. The summed E-state index contributed by atoms with van der Waals surface area (Å²) < 4.78 is 41.4. The third kappa shape index (κ3) is 2.66. The first-order chi connectivity index (χ1) is 14.9. The fourth-order valence-electron chi connectivity index (χ4n) is 8.77. The van der Waals surface area contributed by atoms with E-state index in [0.717, 1.165) is 6.42 Å². The van der Waals surface area contributed by atoms with Gasteiger partial charge in [-0.05, 0) is 61.2 Å². The van der Waals surface area contributed by atoms with Crippen LogP contribution in [0.2, 0.25) is 0 Å². The first-order valence-corrected chi connectivity index (χ1v) is 12.1. The zero-order valence-electron chi connectivity index (χ0n) is 19.0. The summed E-state index contributed by atoms with van der Waals surface area (Å²) in [5, 5.41) is 21.8. The second-order valence-electron chi connectivity index (χ2n) is 11.5. The van der Waals surface area contributed by atoms with Gasteiger partial charge in [-0.1, -0.05) is 27.2 Å². The highest BCUT2D eigenvalue weighted by Crippen LogP contribution is 2.71. The van der Waals surface area contributed by atoms with Crippen LogP contribution < -0.4 is 0 Å². The molecule has 0 spiro atoms. The predicted octanol–water partition coefficient (Wildman–Crippen LogP) is 3.79. The van der Waals surface area contributed by atoms with Crippen LogP contribution in [-0.4, -0.2) is 52.0 Å². The number of carboxylic acid groups (broad SMARTS) is 1. The summed E-state index contributed by atoms with van der Waals surface area (Å²) in [4.78, 5) is 24.7. The number of Topliss-reactive ketones (excluding diaryl/α,β-unsaturated/α-hetero) is 1. The summed E-state index contributed by atoms with van der Waals surface area (Å²) in [6, 6.07) is 0. The molecule has 0 aromatic rings. The third-order valence-corrected chi connectivity index (χ3v) is 10.1. The quantitative estimate of drug-likeness (QED) is 0.671. The Morgan fingerprint density at radius 1 is 1.25 bits per heavy atom. The molecule has 0 aromatic heterocycles. The van der Waals surface area contributed by atoms with Crippen molar-refractivity contribution in [2.45, 2.75) is 102 Å². The summed E-state index contributed by atoms with van der Waals surface area (Å²) >= 11 is 0. The van der Waals surface area contributed by atoms with Crippen LogP contribution in [0.25, 0.3) is 0 Å². The molecule has 5 rings (SSSR count). The molecule has 2 N–H and O–H groups in total. The molecule has 8 heteroatoms. The van der Waals surface area contributed by atoms with E-state index in [4.69, 9.17) is 9.47 Å². The molecule has 6 nitrogen and oxygen atoms in total. The van der Waals surface area contributed by atoms with Gasteiger partial charge in [-0.15, -0.1) is 0 Å². The normalized spacial score (nSPS) is 53.8. The van der Waals surface area contributed by atoms with E-state index >= 15 is 0 Å². The average Bonchev–Trinajstić information content (AvgIpc) is 3.15. The zero-order valence-corrected chi connectivity index (χ0v) is 19.0. The number of carboxylic acids is 1. The summed E-state index contributed by atoms with van der Waals surface area (Å²) in [7, 11) is 0. The maximum Gasteiger partial charge on any atom is 0.339 e.